The van der Waals surface area contributed by atoms with Crippen molar-refractivity contribution < 1.29 is 5.11 Å². The second-order valence-corrected chi connectivity index (χ2v) is 10.1. The van der Waals surface area contributed by atoms with Crippen molar-refractivity contribution in [1.82, 2.24) is 0 Å². The lowest BCUT2D eigenvalue weighted by Crippen LogP contribution is -2.23. The van der Waals surface area contributed by atoms with E-state index in [4.69, 9.17) is 0 Å². The Morgan fingerprint density at radius 2 is 1.86 bits per heavy atom. The van der Waals surface area contributed by atoms with Gasteiger partial charge in [-0.25, -0.2) is 0 Å². The van der Waals surface area contributed by atoms with Crippen LogP contribution in [0.2, 0.25) is 19.6 Å². The minimum atomic E-state index is -1.26. The summed E-state index contributed by atoms with van der Waals surface area (Å²) in [5, 5.41) is 9.96. The Bertz CT molecular complexity index is 215. The first-order chi connectivity index (χ1) is 6.27. The van der Waals surface area contributed by atoms with E-state index in [1.807, 2.05) is 6.92 Å². The van der Waals surface area contributed by atoms with Crippen LogP contribution in [0.3, 0.4) is 0 Å². The van der Waals surface area contributed by atoms with Gasteiger partial charge in [-0.05, 0) is 13.3 Å². The second kappa shape index (κ2) is 5.58. The molecule has 14 heavy (non-hydrogen) atoms. The predicted octanol–water partition coefficient (Wildman–Crippen LogP) is 3.20. The van der Waals surface area contributed by atoms with Crippen molar-refractivity contribution in [2.24, 2.45) is 0 Å². The van der Waals surface area contributed by atoms with E-state index in [1.165, 1.54) is 0 Å². The van der Waals surface area contributed by atoms with Crippen LogP contribution in [0.5, 0.6) is 0 Å². The van der Waals surface area contributed by atoms with Gasteiger partial charge in [-0.3, -0.25) is 0 Å². The monoisotopic (exact) mass is 212 g/mol. The highest BCUT2D eigenvalue weighted by atomic mass is 28.3. The van der Waals surface area contributed by atoms with Gasteiger partial charge < -0.3 is 5.11 Å². The zero-order valence-electron chi connectivity index (χ0n) is 10.3. The van der Waals surface area contributed by atoms with Gasteiger partial charge in [0, 0.05) is 6.42 Å². The standard InChI is InChI=1S/C12H24OSi/c1-6-7-9-12(2,13)10-8-11-14(3,4)5/h13H,6-7,9-10H2,1-5H3/t12-/m0/s1. The lowest BCUT2D eigenvalue weighted by atomic mass is 9.96. The summed E-state index contributed by atoms with van der Waals surface area (Å²) in [6.07, 6.45) is 3.71. The van der Waals surface area contributed by atoms with Crippen LogP contribution in [0.15, 0.2) is 0 Å². The maximum absolute atomic E-state index is 9.96. The average molecular weight is 212 g/mol. The summed E-state index contributed by atoms with van der Waals surface area (Å²) >= 11 is 0. The molecule has 0 aliphatic heterocycles. The molecule has 0 aliphatic carbocycles. The summed E-state index contributed by atoms with van der Waals surface area (Å²) in [5.41, 5.74) is 2.70. The molecule has 1 atom stereocenters. The molecule has 1 N–H and O–H groups in total. The fourth-order valence-electron chi connectivity index (χ4n) is 1.15. The van der Waals surface area contributed by atoms with Gasteiger partial charge in [-0.15, -0.1) is 11.5 Å². The number of aliphatic hydroxyl groups is 1. The molecule has 0 saturated carbocycles. The van der Waals surface area contributed by atoms with E-state index in [-0.39, 0.29) is 0 Å². The van der Waals surface area contributed by atoms with E-state index in [0.717, 1.165) is 19.3 Å². The van der Waals surface area contributed by atoms with Crippen molar-refractivity contribution in [3.05, 3.63) is 0 Å². The van der Waals surface area contributed by atoms with Gasteiger partial charge in [-0.2, -0.15) is 0 Å². The molecule has 0 amide bonds. The third-order valence-corrected chi connectivity index (χ3v) is 2.93. The van der Waals surface area contributed by atoms with Crippen LogP contribution in [0, 0.1) is 11.5 Å². The van der Waals surface area contributed by atoms with Gasteiger partial charge in [0.15, 0.2) is 0 Å². The number of rotatable bonds is 4. The van der Waals surface area contributed by atoms with Gasteiger partial charge in [-0.1, -0.05) is 39.4 Å². The van der Waals surface area contributed by atoms with Crippen LogP contribution < -0.4 is 0 Å². The fourth-order valence-corrected chi connectivity index (χ4v) is 1.76. The Hall–Kier alpha value is -0.263. The SMILES string of the molecule is CCCC[C@](C)(O)CC#C[Si](C)(C)C. The zero-order valence-corrected chi connectivity index (χ0v) is 11.3. The molecule has 0 unspecified atom stereocenters. The highest BCUT2D eigenvalue weighted by molar-refractivity contribution is 6.83. The quantitative estimate of drug-likeness (QED) is 0.560. The van der Waals surface area contributed by atoms with Crippen molar-refractivity contribution in [1.29, 1.82) is 0 Å². The van der Waals surface area contributed by atoms with E-state index in [0.29, 0.717) is 6.42 Å². The fraction of sp³-hybridized carbons (Fsp3) is 0.833. The molecule has 0 bridgehead atoms. The second-order valence-electron chi connectivity index (χ2n) is 5.33. The van der Waals surface area contributed by atoms with Crippen LogP contribution in [-0.4, -0.2) is 18.8 Å². The Morgan fingerprint density at radius 3 is 2.29 bits per heavy atom. The first-order valence-electron chi connectivity index (χ1n) is 5.49. The van der Waals surface area contributed by atoms with Gasteiger partial charge in [0.05, 0.1) is 5.60 Å². The Balaban J connectivity index is 4.02. The molecule has 0 rings (SSSR count). The first kappa shape index (κ1) is 13.7. The minimum Gasteiger partial charge on any atom is -0.389 e. The molecule has 0 spiro atoms. The highest BCUT2D eigenvalue weighted by Gasteiger charge is 2.18. The summed E-state index contributed by atoms with van der Waals surface area (Å²) in [6.45, 7) is 10.7. The molecule has 0 aliphatic rings. The van der Waals surface area contributed by atoms with Crippen molar-refractivity contribution >= 4 is 8.07 Å². The van der Waals surface area contributed by atoms with Crippen molar-refractivity contribution in [3.8, 4) is 11.5 Å². The maximum atomic E-state index is 9.96. The molecule has 0 saturated heterocycles. The molecular weight excluding hydrogens is 188 g/mol. The Kier molecular flexibility index (Phi) is 5.47. The number of hydrogen-bond acceptors (Lipinski definition) is 1. The minimum absolute atomic E-state index is 0.581. The normalized spacial score (nSPS) is 15.6. The summed E-state index contributed by atoms with van der Waals surface area (Å²) in [4.78, 5) is 0. The molecule has 0 fully saturated rings. The number of hydrogen-bond donors (Lipinski definition) is 1. The molecule has 2 heteroatoms. The van der Waals surface area contributed by atoms with E-state index in [1.54, 1.807) is 0 Å². The van der Waals surface area contributed by atoms with Crippen molar-refractivity contribution in [2.45, 2.75) is 64.8 Å². The molecule has 0 aromatic rings. The average Bonchev–Trinajstić information content (AvgIpc) is 1.98. The summed E-state index contributed by atoms with van der Waals surface area (Å²) < 4.78 is 0. The van der Waals surface area contributed by atoms with E-state index in [2.05, 4.69) is 38.0 Å². The van der Waals surface area contributed by atoms with Gasteiger partial charge in [0.25, 0.3) is 0 Å². The highest BCUT2D eigenvalue weighted by Crippen LogP contribution is 2.17. The van der Waals surface area contributed by atoms with Crippen LogP contribution >= 0.6 is 0 Å². The van der Waals surface area contributed by atoms with Gasteiger partial charge >= 0.3 is 0 Å². The van der Waals surface area contributed by atoms with Crippen molar-refractivity contribution in [2.75, 3.05) is 0 Å². The van der Waals surface area contributed by atoms with E-state index >= 15 is 0 Å². The molecular formula is C12H24OSi. The van der Waals surface area contributed by atoms with Crippen LogP contribution in [0.4, 0.5) is 0 Å². The third-order valence-electron chi connectivity index (χ3n) is 2.00. The van der Waals surface area contributed by atoms with E-state index < -0.39 is 13.7 Å². The topological polar surface area (TPSA) is 20.2 Å². The molecule has 0 aromatic heterocycles. The lowest BCUT2D eigenvalue weighted by Gasteiger charge is -2.20. The van der Waals surface area contributed by atoms with Crippen LogP contribution in [0.25, 0.3) is 0 Å². The van der Waals surface area contributed by atoms with Crippen LogP contribution in [0.1, 0.15) is 39.5 Å². The number of unbranched alkanes of at least 4 members (excludes halogenated alkanes) is 1. The largest absolute Gasteiger partial charge is 0.389 e. The van der Waals surface area contributed by atoms with Gasteiger partial charge in [0.2, 0.25) is 0 Å². The Labute approximate surface area is 89.9 Å². The van der Waals surface area contributed by atoms with Crippen LogP contribution in [-0.2, 0) is 0 Å². The summed E-state index contributed by atoms with van der Waals surface area (Å²) in [7, 11) is -1.26. The van der Waals surface area contributed by atoms with Crippen molar-refractivity contribution in [3.63, 3.8) is 0 Å². The lowest BCUT2D eigenvalue weighted by molar-refractivity contribution is 0.0539. The first-order valence-corrected chi connectivity index (χ1v) is 8.99. The summed E-state index contributed by atoms with van der Waals surface area (Å²) in [5.74, 6) is 3.14. The molecule has 0 heterocycles. The maximum Gasteiger partial charge on any atom is 0.129 e. The third kappa shape index (κ3) is 8.34. The summed E-state index contributed by atoms with van der Waals surface area (Å²) in [6, 6.07) is 0. The zero-order chi connectivity index (χ0) is 11.2. The Morgan fingerprint density at radius 1 is 1.29 bits per heavy atom. The van der Waals surface area contributed by atoms with E-state index in [9.17, 15) is 5.11 Å². The predicted molar refractivity (Wildman–Crippen MR) is 65.9 cm³/mol. The molecule has 1 nitrogen and oxygen atoms in total. The smallest absolute Gasteiger partial charge is 0.129 e. The van der Waals surface area contributed by atoms with Gasteiger partial charge in [0.1, 0.15) is 8.07 Å². The molecule has 0 aromatic carbocycles. The molecule has 82 valence electrons. The molecule has 0 radical (unpaired) electrons.